The number of halogens is 2. The molecule has 46 heavy (non-hydrogen) atoms. The van der Waals surface area contributed by atoms with Gasteiger partial charge in [-0.25, -0.2) is 13.6 Å². The minimum Gasteiger partial charge on any atom is -0.493 e. The number of rotatable bonds is 14. The van der Waals surface area contributed by atoms with E-state index in [2.05, 4.69) is 27.8 Å². The summed E-state index contributed by atoms with van der Waals surface area (Å²) in [6.45, 7) is 8.93. The highest BCUT2D eigenvalue weighted by Crippen LogP contribution is 2.34. The summed E-state index contributed by atoms with van der Waals surface area (Å²) in [5.41, 5.74) is 0.478. The molecule has 0 atom stereocenters. The van der Waals surface area contributed by atoms with Crippen molar-refractivity contribution in [2.24, 2.45) is 0 Å². The molecule has 1 saturated heterocycles. The van der Waals surface area contributed by atoms with E-state index in [0.717, 1.165) is 70.3 Å². The maximum absolute atomic E-state index is 14.9. The maximum Gasteiger partial charge on any atom is 0.319 e. The van der Waals surface area contributed by atoms with Gasteiger partial charge in [-0.2, -0.15) is 0 Å². The minimum atomic E-state index is -0.868. The van der Waals surface area contributed by atoms with Gasteiger partial charge >= 0.3 is 6.03 Å². The normalized spacial score (nSPS) is 13.7. The fraction of sp³-hybridized carbons (Fsp3) is 0.429. The standard InChI is InChI=1S/C35H44F2N4O5/c1-5-8-17-41-18-15-27(16-19-41)46-32-22-29(36)28(21-30(32)37)34(42)38-24-9-12-26(13-10-24)45-31-14-11-25(20-33(31)44-4)40-35(43)39-23(6-2)7-3/h9-14,20-23,27H,5-8,15-19H2,1-4H3,(H,38,42)(H2,39,40,43). The zero-order valence-corrected chi connectivity index (χ0v) is 27.0. The Labute approximate surface area is 269 Å². The Hall–Kier alpha value is -4.38. The van der Waals surface area contributed by atoms with Gasteiger partial charge in [0, 0.05) is 42.6 Å². The number of carbonyl (C=O) groups is 2. The van der Waals surface area contributed by atoms with Gasteiger partial charge in [0.05, 0.1) is 12.7 Å². The highest BCUT2D eigenvalue weighted by Gasteiger charge is 2.23. The number of anilines is 2. The number of nitrogens with one attached hydrogen (secondary N) is 3. The highest BCUT2D eigenvalue weighted by molar-refractivity contribution is 6.04. The monoisotopic (exact) mass is 638 g/mol. The molecule has 3 N–H and O–H groups in total. The van der Waals surface area contributed by atoms with Gasteiger partial charge < -0.3 is 35.1 Å². The van der Waals surface area contributed by atoms with Gasteiger partial charge in [-0.05, 0) is 81.1 Å². The molecule has 11 heteroatoms. The predicted octanol–water partition coefficient (Wildman–Crippen LogP) is 7.97. The third kappa shape index (κ3) is 9.56. The summed E-state index contributed by atoms with van der Waals surface area (Å²) in [6.07, 6.45) is 5.20. The van der Waals surface area contributed by atoms with Gasteiger partial charge in [-0.15, -0.1) is 0 Å². The van der Waals surface area contributed by atoms with Crippen molar-refractivity contribution in [3.05, 3.63) is 71.8 Å². The fourth-order valence-electron chi connectivity index (χ4n) is 5.21. The van der Waals surface area contributed by atoms with Crippen LogP contribution in [0.25, 0.3) is 0 Å². The summed E-state index contributed by atoms with van der Waals surface area (Å²) in [4.78, 5) is 27.5. The number of urea groups is 1. The lowest BCUT2D eigenvalue weighted by atomic mass is 10.1. The number of unbranched alkanes of at least 4 members (excludes halogenated alkanes) is 1. The first-order valence-electron chi connectivity index (χ1n) is 16.0. The lowest BCUT2D eigenvalue weighted by molar-refractivity contribution is 0.0958. The molecule has 1 aliphatic heterocycles. The number of nitrogens with zero attached hydrogens (tertiary/aromatic N) is 1. The number of hydrogen-bond donors (Lipinski definition) is 3. The molecular formula is C35H44F2N4O5. The predicted molar refractivity (Wildman–Crippen MR) is 175 cm³/mol. The number of ether oxygens (including phenoxy) is 3. The topological polar surface area (TPSA) is 101 Å². The van der Waals surface area contributed by atoms with Gasteiger partial charge in [0.2, 0.25) is 0 Å². The lowest BCUT2D eigenvalue weighted by Crippen LogP contribution is -2.38. The van der Waals surface area contributed by atoms with Crippen molar-refractivity contribution in [1.82, 2.24) is 10.2 Å². The first kappa shape index (κ1) is 34.5. The van der Waals surface area contributed by atoms with E-state index < -0.39 is 23.1 Å². The molecule has 0 bridgehead atoms. The van der Waals surface area contributed by atoms with E-state index in [9.17, 15) is 18.4 Å². The third-order valence-corrected chi connectivity index (χ3v) is 8.00. The van der Waals surface area contributed by atoms with E-state index in [0.29, 0.717) is 28.6 Å². The Morgan fingerprint density at radius 3 is 2.22 bits per heavy atom. The molecule has 0 saturated carbocycles. The second-order valence-corrected chi connectivity index (χ2v) is 11.3. The molecule has 9 nitrogen and oxygen atoms in total. The molecule has 0 radical (unpaired) electrons. The zero-order valence-electron chi connectivity index (χ0n) is 27.0. The second kappa shape index (κ2) is 16.8. The van der Waals surface area contributed by atoms with Crippen molar-refractivity contribution in [2.75, 3.05) is 37.4 Å². The fourth-order valence-corrected chi connectivity index (χ4v) is 5.21. The van der Waals surface area contributed by atoms with Gasteiger partial charge in [0.15, 0.2) is 23.1 Å². The molecule has 1 aliphatic rings. The Bertz CT molecular complexity index is 1460. The van der Waals surface area contributed by atoms with Gasteiger partial charge in [0.1, 0.15) is 17.7 Å². The summed E-state index contributed by atoms with van der Waals surface area (Å²) in [5.74, 6) is -1.38. The van der Waals surface area contributed by atoms with E-state index >= 15 is 0 Å². The zero-order chi connectivity index (χ0) is 33.1. The number of hydrogen-bond acceptors (Lipinski definition) is 6. The molecule has 1 fully saturated rings. The van der Waals surface area contributed by atoms with Crippen LogP contribution in [0.3, 0.4) is 0 Å². The second-order valence-electron chi connectivity index (χ2n) is 11.3. The van der Waals surface area contributed by atoms with Crippen molar-refractivity contribution in [3.63, 3.8) is 0 Å². The van der Waals surface area contributed by atoms with Crippen LogP contribution in [0.5, 0.6) is 23.0 Å². The first-order valence-corrected chi connectivity index (χ1v) is 16.0. The molecule has 0 aromatic heterocycles. The Morgan fingerprint density at radius 2 is 1.57 bits per heavy atom. The molecule has 3 aromatic carbocycles. The summed E-state index contributed by atoms with van der Waals surface area (Å²) >= 11 is 0. The third-order valence-electron chi connectivity index (χ3n) is 8.00. The lowest BCUT2D eigenvalue weighted by Gasteiger charge is -2.32. The number of amides is 3. The van der Waals surface area contributed by atoms with Gasteiger partial charge in [-0.3, -0.25) is 4.79 Å². The molecule has 0 aliphatic carbocycles. The van der Waals surface area contributed by atoms with Crippen molar-refractivity contribution < 1.29 is 32.6 Å². The average molecular weight is 639 g/mol. The maximum atomic E-state index is 14.9. The van der Waals surface area contributed by atoms with Crippen LogP contribution in [0.15, 0.2) is 54.6 Å². The SMILES string of the molecule is CCCCN1CCC(Oc2cc(F)c(C(=O)Nc3ccc(Oc4ccc(NC(=O)NC(CC)CC)cc4OC)cc3)cc2F)CC1. The molecule has 4 rings (SSSR count). The van der Waals surface area contributed by atoms with Crippen LogP contribution in [-0.2, 0) is 0 Å². The molecule has 3 aromatic rings. The molecule has 3 amide bonds. The van der Waals surface area contributed by atoms with Crippen LogP contribution in [0.1, 0.15) is 69.7 Å². The van der Waals surface area contributed by atoms with E-state index in [4.69, 9.17) is 14.2 Å². The number of methoxy groups -OCH3 is 1. The Morgan fingerprint density at radius 1 is 0.870 bits per heavy atom. The molecular weight excluding hydrogens is 594 g/mol. The first-order chi connectivity index (χ1) is 22.2. The summed E-state index contributed by atoms with van der Waals surface area (Å²) in [7, 11) is 1.49. The Balaban J connectivity index is 1.33. The van der Waals surface area contributed by atoms with E-state index in [1.165, 1.54) is 7.11 Å². The molecule has 0 spiro atoms. The van der Waals surface area contributed by atoms with Crippen molar-refractivity contribution in [2.45, 2.75) is 71.4 Å². The molecule has 248 valence electrons. The number of piperidine rings is 1. The van der Waals surface area contributed by atoms with Crippen LogP contribution in [0.4, 0.5) is 25.0 Å². The van der Waals surface area contributed by atoms with Crippen LogP contribution in [0, 0.1) is 11.6 Å². The van der Waals surface area contributed by atoms with Crippen molar-refractivity contribution in [3.8, 4) is 23.0 Å². The van der Waals surface area contributed by atoms with E-state index in [-0.39, 0.29) is 23.9 Å². The minimum absolute atomic E-state index is 0.0888. The Kier molecular flexibility index (Phi) is 12.6. The summed E-state index contributed by atoms with van der Waals surface area (Å²) in [5, 5.41) is 8.30. The summed E-state index contributed by atoms with van der Waals surface area (Å²) < 4.78 is 47.0. The molecule has 1 heterocycles. The van der Waals surface area contributed by atoms with E-state index in [1.807, 2.05) is 13.8 Å². The largest absolute Gasteiger partial charge is 0.493 e. The van der Waals surface area contributed by atoms with Crippen LogP contribution in [-0.4, -0.2) is 55.7 Å². The van der Waals surface area contributed by atoms with Crippen molar-refractivity contribution >= 4 is 23.3 Å². The highest BCUT2D eigenvalue weighted by atomic mass is 19.1. The number of carbonyl (C=O) groups excluding carboxylic acids is 2. The number of likely N-dealkylation sites (tertiary alicyclic amines) is 1. The van der Waals surface area contributed by atoms with E-state index in [1.54, 1.807) is 42.5 Å². The average Bonchev–Trinajstić information content (AvgIpc) is 3.06. The van der Waals surface area contributed by atoms with Crippen molar-refractivity contribution in [1.29, 1.82) is 0 Å². The molecule has 0 unspecified atom stereocenters. The van der Waals surface area contributed by atoms with Gasteiger partial charge in [-0.1, -0.05) is 27.2 Å². The van der Waals surface area contributed by atoms with Gasteiger partial charge in [0.25, 0.3) is 5.91 Å². The van der Waals surface area contributed by atoms with Crippen LogP contribution in [0.2, 0.25) is 0 Å². The van der Waals surface area contributed by atoms with Crippen LogP contribution >= 0.6 is 0 Å². The van der Waals surface area contributed by atoms with Crippen LogP contribution < -0.4 is 30.2 Å². The smallest absolute Gasteiger partial charge is 0.319 e. The number of benzene rings is 3. The summed E-state index contributed by atoms with van der Waals surface area (Å²) in [6, 6.07) is 13.0. The quantitative estimate of drug-likeness (QED) is 0.166.